The van der Waals surface area contributed by atoms with E-state index in [4.69, 9.17) is 4.74 Å². The summed E-state index contributed by atoms with van der Waals surface area (Å²) < 4.78 is 5.07. The van der Waals surface area contributed by atoms with Crippen LogP contribution in [0.2, 0.25) is 0 Å². The Balaban J connectivity index is 2.27. The van der Waals surface area contributed by atoms with Crippen molar-refractivity contribution in [2.45, 2.75) is 26.2 Å². The summed E-state index contributed by atoms with van der Waals surface area (Å²) in [6, 6.07) is 0.0566. The van der Waals surface area contributed by atoms with E-state index in [1.54, 1.807) is 7.11 Å². The molecule has 92 valence electrons. The van der Waals surface area contributed by atoms with Crippen molar-refractivity contribution in [3.8, 4) is 0 Å². The third-order valence-corrected chi connectivity index (χ3v) is 2.73. The van der Waals surface area contributed by atoms with Crippen LogP contribution in [0.4, 0.5) is 4.79 Å². The van der Waals surface area contributed by atoms with Crippen LogP contribution in [0, 0.1) is 0 Å². The van der Waals surface area contributed by atoms with Crippen molar-refractivity contribution in [2.75, 3.05) is 33.4 Å². The second-order valence-corrected chi connectivity index (χ2v) is 4.08. The highest BCUT2D eigenvalue weighted by Gasteiger charge is 2.16. The highest BCUT2D eigenvalue weighted by atomic mass is 16.5. The van der Waals surface area contributed by atoms with Gasteiger partial charge in [-0.3, -0.25) is 0 Å². The molecule has 4 nitrogen and oxygen atoms in total. The molecule has 1 N–H and O–H groups in total. The number of unbranched alkanes of at least 4 members (excludes halogenated alkanes) is 1. The van der Waals surface area contributed by atoms with Crippen molar-refractivity contribution in [2.24, 2.45) is 0 Å². The maximum atomic E-state index is 11.7. The topological polar surface area (TPSA) is 41.6 Å². The Hall–Kier alpha value is -1.03. The van der Waals surface area contributed by atoms with Gasteiger partial charge in [-0.15, -0.1) is 0 Å². The highest BCUT2D eigenvalue weighted by Crippen LogP contribution is 2.10. The number of rotatable bonds is 5. The summed E-state index contributed by atoms with van der Waals surface area (Å²) in [5.74, 6) is 0. The summed E-state index contributed by atoms with van der Waals surface area (Å²) in [5.41, 5.74) is 1.29. The lowest BCUT2D eigenvalue weighted by Crippen LogP contribution is -2.42. The Morgan fingerprint density at radius 3 is 3.00 bits per heavy atom. The predicted octanol–water partition coefficient (Wildman–Crippen LogP) is 1.77. The van der Waals surface area contributed by atoms with Crippen molar-refractivity contribution in [1.29, 1.82) is 0 Å². The van der Waals surface area contributed by atoms with Crippen molar-refractivity contribution in [3.63, 3.8) is 0 Å². The standard InChI is InChI=1S/C12H22N2O2/c1-3-4-7-13-12(15)14-8-5-11(6-9-14)10-16-2/h5H,3-4,6-10H2,1-2H3,(H,13,15). The van der Waals surface area contributed by atoms with Crippen molar-refractivity contribution >= 4 is 6.03 Å². The number of nitrogens with zero attached hydrogens (tertiary/aromatic N) is 1. The molecule has 0 aromatic carbocycles. The quantitative estimate of drug-likeness (QED) is 0.573. The van der Waals surface area contributed by atoms with E-state index in [0.717, 1.165) is 32.4 Å². The van der Waals surface area contributed by atoms with Gasteiger partial charge in [0, 0.05) is 26.7 Å². The normalized spacial score (nSPS) is 15.9. The SMILES string of the molecule is CCCCNC(=O)N1CC=C(COC)CC1. The van der Waals surface area contributed by atoms with Gasteiger partial charge in [0.25, 0.3) is 0 Å². The Bertz CT molecular complexity index is 251. The molecule has 0 aromatic rings. The smallest absolute Gasteiger partial charge is 0.317 e. The molecule has 1 rings (SSSR count). The number of hydrogen-bond donors (Lipinski definition) is 1. The summed E-state index contributed by atoms with van der Waals surface area (Å²) in [6.07, 6.45) is 5.17. The number of amides is 2. The zero-order chi connectivity index (χ0) is 11.8. The Morgan fingerprint density at radius 2 is 2.44 bits per heavy atom. The molecule has 0 bridgehead atoms. The molecule has 1 aliphatic rings. The molecule has 16 heavy (non-hydrogen) atoms. The van der Waals surface area contributed by atoms with E-state index in [9.17, 15) is 4.79 Å². The molecular weight excluding hydrogens is 204 g/mol. The minimum absolute atomic E-state index is 0.0566. The molecule has 2 amide bonds. The van der Waals surface area contributed by atoms with E-state index in [2.05, 4.69) is 18.3 Å². The first-order valence-corrected chi connectivity index (χ1v) is 5.97. The number of methoxy groups -OCH3 is 1. The van der Waals surface area contributed by atoms with Gasteiger partial charge < -0.3 is 15.0 Å². The van der Waals surface area contributed by atoms with Gasteiger partial charge in [-0.1, -0.05) is 19.4 Å². The zero-order valence-electron chi connectivity index (χ0n) is 10.3. The molecular formula is C12H22N2O2. The first-order chi connectivity index (χ1) is 7.77. The van der Waals surface area contributed by atoms with Gasteiger partial charge in [-0.2, -0.15) is 0 Å². The lowest BCUT2D eigenvalue weighted by atomic mass is 10.1. The van der Waals surface area contributed by atoms with Crippen LogP contribution in [0.3, 0.4) is 0 Å². The average molecular weight is 226 g/mol. The van der Waals surface area contributed by atoms with Gasteiger partial charge in [-0.25, -0.2) is 4.79 Å². The Morgan fingerprint density at radius 1 is 1.62 bits per heavy atom. The van der Waals surface area contributed by atoms with Crippen molar-refractivity contribution < 1.29 is 9.53 Å². The Labute approximate surface area is 97.6 Å². The van der Waals surface area contributed by atoms with Crippen LogP contribution in [-0.2, 0) is 4.74 Å². The van der Waals surface area contributed by atoms with E-state index in [1.165, 1.54) is 5.57 Å². The largest absolute Gasteiger partial charge is 0.380 e. The fraction of sp³-hybridized carbons (Fsp3) is 0.750. The molecule has 0 aliphatic carbocycles. The molecule has 0 aromatic heterocycles. The van der Waals surface area contributed by atoms with E-state index in [0.29, 0.717) is 13.2 Å². The molecule has 0 saturated heterocycles. The fourth-order valence-corrected chi connectivity index (χ4v) is 1.70. The minimum atomic E-state index is 0.0566. The molecule has 0 spiro atoms. The molecule has 0 saturated carbocycles. The molecule has 1 aliphatic heterocycles. The summed E-state index contributed by atoms with van der Waals surface area (Å²) in [7, 11) is 1.70. The number of ether oxygens (including phenoxy) is 1. The van der Waals surface area contributed by atoms with Gasteiger partial charge >= 0.3 is 6.03 Å². The maximum Gasteiger partial charge on any atom is 0.317 e. The van der Waals surface area contributed by atoms with E-state index >= 15 is 0 Å². The highest BCUT2D eigenvalue weighted by molar-refractivity contribution is 5.74. The van der Waals surface area contributed by atoms with Gasteiger partial charge in [-0.05, 0) is 18.4 Å². The first-order valence-electron chi connectivity index (χ1n) is 5.97. The lowest BCUT2D eigenvalue weighted by Gasteiger charge is -2.26. The van der Waals surface area contributed by atoms with Crippen molar-refractivity contribution in [3.05, 3.63) is 11.6 Å². The van der Waals surface area contributed by atoms with Crippen LogP contribution in [0.1, 0.15) is 26.2 Å². The number of carbonyl (C=O) groups is 1. The fourth-order valence-electron chi connectivity index (χ4n) is 1.70. The van der Waals surface area contributed by atoms with E-state index < -0.39 is 0 Å². The minimum Gasteiger partial charge on any atom is -0.380 e. The van der Waals surface area contributed by atoms with Crippen LogP contribution >= 0.6 is 0 Å². The van der Waals surface area contributed by atoms with Crippen LogP contribution in [0.15, 0.2) is 11.6 Å². The zero-order valence-corrected chi connectivity index (χ0v) is 10.3. The van der Waals surface area contributed by atoms with Gasteiger partial charge in [0.15, 0.2) is 0 Å². The van der Waals surface area contributed by atoms with Crippen LogP contribution < -0.4 is 5.32 Å². The second kappa shape index (κ2) is 7.28. The summed E-state index contributed by atoms with van der Waals surface area (Å²) in [5, 5.41) is 2.93. The molecule has 0 fully saturated rings. The molecule has 0 atom stereocenters. The summed E-state index contributed by atoms with van der Waals surface area (Å²) >= 11 is 0. The van der Waals surface area contributed by atoms with Gasteiger partial charge in [0.1, 0.15) is 0 Å². The monoisotopic (exact) mass is 226 g/mol. The second-order valence-electron chi connectivity index (χ2n) is 4.08. The number of urea groups is 1. The van der Waals surface area contributed by atoms with Crippen LogP contribution in [0.25, 0.3) is 0 Å². The summed E-state index contributed by atoms with van der Waals surface area (Å²) in [6.45, 7) is 5.09. The molecule has 1 heterocycles. The number of carbonyl (C=O) groups excluding carboxylic acids is 1. The van der Waals surface area contributed by atoms with Crippen LogP contribution in [-0.4, -0.2) is 44.3 Å². The average Bonchev–Trinajstić information content (AvgIpc) is 2.30. The molecule has 0 unspecified atom stereocenters. The van der Waals surface area contributed by atoms with Crippen molar-refractivity contribution in [1.82, 2.24) is 10.2 Å². The predicted molar refractivity (Wildman–Crippen MR) is 64.5 cm³/mol. The maximum absolute atomic E-state index is 11.7. The summed E-state index contributed by atoms with van der Waals surface area (Å²) in [4.78, 5) is 13.5. The van der Waals surface area contributed by atoms with E-state index in [1.807, 2.05) is 4.90 Å². The van der Waals surface area contributed by atoms with E-state index in [-0.39, 0.29) is 6.03 Å². The van der Waals surface area contributed by atoms with Crippen LogP contribution in [0.5, 0.6) is 0 Å². The molecule has 4 heteroatoms. The number of nitrogens with one attached hydrogen (secondary N) is 1. The van der Waals surface area contributed by atoms with Gasteiger partial charge in [0.05, 0.1) is 6.61 Å². The molecule has 0 radical (unpaired) electrons. The third kappa shape index (κ3) is 4.23. The lowest BCUT2D eigenvalue weighted by molar-refractivity contribution is 0.194. The van der Waals surface area contributed by atoms with Gasteiger partial charge in [0.2, 0.25) is 0 Å². The first kappa shape index (κ1) is 13.0. The number of hydrogen-bond acceptors (Lipinski definition) is 2. The Kier molecular flexibility index (Phi) is 5.93. The third-order valence-electron chi connectivity index (χ3n) is 2.73.